The molecular weight excluding hydrogens is 346 g/mol. The molecule has 7 nitrogen and oxygen atoms in total. The second-order valence-electron chi connectivity index (χ2n) is 7.78. The van der Waals surface area contributed by atoms with Crippen LogP contribution in [0.15, 0.2) is 18.2 Å². The van der Waals surface area contributed by atoms with E-state index in [-0.39, 0.29) is 23.6 Å². The Morgan fingerprint density at radius 1 is 1.00 bits per heavy atom. The van der Waals surface area contributed by atoms with E-state index in [2.05, 4.69) is 33.3 Å². The number of ether oxygens (including phenoxy) is 2. The van der Waals surface area contributed by atoms with Gasteiger partial charge in [-0.2, -0.15) is 0 Å². The van der Waals surface area contributed by atoms with E-state index < -0.39 is 0 Å². The molecule has 1 spiro atoms. The number of piperidine rings is 2. The van der Waals surface area contributed by atoms with Crippen molar-refractivity contribution in [2.24, 2.45) is 0 Å². The summed E-state index contributed by atoms with van der Waals surface area (Å²) in [5.74, 6) is -0.698. The molecule has 0 radical (unpaired) electrons. The SMILES string of the molecule is O=C1CC[C@H](N2CCc3c(N4CCC5(CC4)OCCO5)cccc32)C(=O)N1. The Hall–Kier alpha value is -2.12. The van der Waals surface area contributed by atoms with Gasteiger partial charge in [-0.3, -0.25) is 14.9 Å². The quantitative estimate of drug-likeness (QED) is 0.788. The Morgan fingerprint density at radius 3 is 2.48 bits per heavy atom. The van der Waals surface area contributed by atoms with Crippen LogP contribution in [-0.2, 0) is 25.5 Å². The van der Waals surface area contributed by atoms with Crippen molar-refractivity contribution in [2.75, 3.05) is 42.6 Å². The average molecular weight is 371 g/mol. The van der Waals surface area contributed by atoms with Gasteiger partial charge in [0.05, 0.1) is 13.2 Å². The summed E-state index contributed by atoms with van der Waals surface area (Å²) in [7, 11) is 0. The van der Waals surface area contributed by atoms with Crippen molar-refractivity contribution >= 4 is 23.2 Å². The number of carbonyl (C=O) groups is 2. The monoisotopic (exact) mass is 371 g/mol. The van der Waals surface area contributed by atoms with E-state index in [1.807, 2.05) is 0 Å². The molecule has 0 unspecified atom stereocenters. The minimum Gasteiger partial charge on any atom is -0.371 e. The van der Waals surface area contributed by atoms with Gasteiger partial charge in [-0.15, -0.1) is 0 Å². The van der Waals surface area contributed by atoms with E-state index in [0.29, 0.717) is 26.1 Å². The van der Waals surface area contributed by atoms with Gasteiger partial charge in [-0.1, -0.05) is 6.07 Å². The minimum atomic E-state index is -0.368. The molecule has 1 aromatic rings. The zero-order chi connectivity index (χ0) is 18.4. The van der Waals surface area contributed by atoms with Crippen LogP contribution in [0.2, 0.25) is 0 Å². The third-order valence-corrected chi connectivity index (χ3v) is 6.30. The lowest BCUT2D eigenvalue weighted by Gasteiger charge is -2.39. The summed E-state index contributed by atoms with van der Waals surface area (Å²) in [5, 5.41) is 2.49. The predicted octanol–water partition coefficient (Wildman–Crippen LogP) is 1.20. The van der Waals surface area contributed by atoms with Gasteiger partial charge in [0, 0.05) is 55.8 Å². The molecule has 144 valence electrons. The van der Waals surface area contributed by atoms with Crippen molar-refractivity contribution in [1.82, 2.24) is 5.32 Å². The number of hydrogen-bond donors (Lipinski definition) is 1. The molecule has 0 saturated carbocycles. The molecule has 2 amide bonds. The van der Waals surface area contributed by atoms with Crippen molar-refractivity contribution in [3.8, 4) is 0 Å². The maximum Gasteiger partial charge on any atom is 0.249 e. The van der Waals surface area contributed by atoms with Crippen LogP contribution < -0.4 is 15.1 Å². The zero-order valence-corrected chi connectivity index (χ0v) is 15.4. The Labute approximate surface area is 158 Å². The number of anilines is 2. The van der Waals surface area contributed by atoms with Gasteiger partial charge in [-0.05, 0) is 25.0 Å². The molecule has 4 aliphatic rings. The fourth-order valence-electron chi connectivity index (χ4n) is 4.91. The number of hydrogen-bond acceptors (Lipinski definition) is 6. The molecule has 1 N–H and O–H groups in total. The van der Waals surface area contributed by atoms with E-state index in [9.17, 15) is 9.59 Å². The van der Waals surface area contributed by atoms with E-state index in [1.54, 1.807) is 0 Å². The highest BCUT2D eigenvalue weighted by Gasteiger charge is 2.41. The molecule has 1 atom stereocenters. The highest BCUT2D eigenvalue weighted by atomic mass is 16.7. The number of benzene rings is 1. The molecule has 0 bridgehead atoms. The van der Waals surface area contributed by atoms with Crippen molar-refractivity contribution in [2.45, 2.75) is 43.9 Å². The summed E-state index contributed by atoms with van der Waals surface area (Å²) in [6.07, 6.45) is 3.70. The lowest BCUT2D eigenvalue weighted by Crippen LogP contribution is -2.52. The maximum atomic E-state index is 12.3. The highest BCUT2D eigenvalue weighted by molar-refractivity contribution is 6.02. The standard InChI is InChI=1S/C20H25N3O4/c24-18-5-4-17(19(25)21-18)23-9-6-14-15(2-1-3-16(14)23)22-10-7-20(8-11-22)26-12-13-27-20/h1-3,17H,4-13H2,(H,21,24,25)/t17-/m0/s1. The van der Waals surface area contributed by atoms with Gasteiger partial charge in [0.25, 0.3) is 0 Å². The van der Waals surface area contributed by atoms with Crippen LogP contribution in [0.3, 0.4) is 0 Å². The summed E-state index contributed by atoms with van der Waals surface area (Å²) in [6.45, 7) is 4.04. The molecule has 7 heteroatoms. The van der Waals surface area contributed by atoms with Crippen molar-refractivity contribution < 1.29 is 19.1 Å². The molecular formula is C20H25N3O4. The second kappa shape index (κ2) is 6.49. The van der Waals surface area contributed by atoms with Crippen LogP contribution >= 0.6 is 0 Å². The van der Waals surface area contributed by atoms with Gasteiger partial charge in [0.1, 0.15) is 6.04 Å². The van der Waals surface area contributed by atoms with E-state index in [0.717, 1.165) is 44.6 Å². The smallest absolute Gasteiger partial charge is 0.249 e. The van der Waals surface area contributed by atoms with E-state index in [4.69, 9.17) is 9.47 Å². The molecule has 27 heavy (non-hydrogen) atoms. The van der Waals surface area contributed by atoms with E-state index >= 15 is 0 Å². The number of carbonyl (C=O) groups excluding carboxylic acids is 2. The Balaban J connectivity index is 1.36. The number of amides is 2. The van der Waals surface area contributed by atoms with Crippen LogP contribution in [0.5, 0.6) is 0 Å². The van der Waals surface area contributed by atoms with Crippen LogP contribution in [0, 0.1) is 0 Å². The third-order valence-electron chi connectivity index (χ3n) is 6.30. The lowest BCUT2D eigenvalue weighted by atomic mass is 10.0. The average Bonchev–Trinajstić information content (AvgIpc) is 3.30. The summed E-state index contributed by atoms with van der Waals surface area (Å²) >= 11 is 0. The Morgan fingerprint density at radius 2 is 1.74 bits per heavy atom. The summed E-state index contributed by atoms with van der Waals surface area (Å²) in [6, 6.07) is 6.11. The van der Waals surface area contributed by atoms with Gasteiger partial charge in [-0.25, -0.2) is 0 Å². The molecule has 0 aromatic heterocycles. The molecule has 0 aliphatic carbocycles. The summed E-state index contributed by atoms with van der Waals surface area (Å²) < 4.78 is 11.7. The number of fused-ring (bicyclic) bond motifs is 1. The number of rotatable bonds is 2. The van der Waals surface area contributed by atoms with Crippen LogP contribution in [0.4, 0.5) is 11.4 Å². The van der Waals surface area contributed by atoms with Crippen molar-refractivity contribution in [1.29, 1.82) is 0 Å². The van der Waals surface area contributed by atoms with Crippen molar-refractivity contribution in [3.05, 3.63) is 23.8 Å². The van der Waals surface area contributed by atoms with Crippen molar-refractivity contribution in [3.63, 3.8) is 0 Å². The molecule has 4 heterocycles. The van der Waals surface area contributed by atoms with Gasteiger partial charge < -0.3 is 19.3 Å². The summed E-state index contributed by atoms with van der Waals surface area (Å²) in [4.78, 5) is 28.4. The van der Waals surface area contributed by atoms with Gasteiger partial charge in [0.15, 0.2) is 5.79 Å². The van der Waals surface area contributed by atoms with E-state index in [1.165, 1.54) is 11.3 Å². The molecule has 4 aliphatic heterocycles. The maximum absolute atomic E-state index is 12.3. The molecule has 1 aromatic carbocycles. The topological polar surface area (TPSA) is 71.1 Å². The third kappa shape index (κ3) is 2.89. The first-order valence-electron chi connectivity index (χ1n) is 9.90. The predicted molar refractivity (Wildman–Crippen MR) is 99.7 cm³/mol. The fourth-order valence-corrected chi connectivity index (χ4v) is 4.91. The normalized spacial score (nSPS) is 27.2. The first kappa shape index (κ1) is 17.0. The zero-order valence-electron chi connectivity index (χ0n) is 15.4. The second-order valence-corrected chi connectivity index (χ2v) is 7.78. The van der Waals surface area contributed by atoms with Gasteiger partial charge >= 0.3 is 0 Å². The Kier molecular flexibility index (Phi) is 4.09. The first-order valence-corrected chi connectivity index (χ1v) is 9.90. The number of imide groups is 1. The lowest BCUT2D eigenvalue weighted by molar-refractivity contribution is -0.169. The minimum absolute atomic E-state index is 0.164. The Bertz CT molecular complexity index is 764. The number of nitrogens with zero attached hydrogens (tertiary/aromatic N) is 2. The molecule has 5 rings (SSSR count). The van der Waals surface area contributed by atoms with Gasteiger partial charge in [0.2, 0.25) is 11.8 Å². The molecule has 3 saturated heterocycles. The number of nitrogens with one attached hydrogen (secondary N) is 1. The van der Waals surface area contributed by atoms with Crippen LogP contribution in [0.25, 0.3) is 0 Å². The fraction of sp³-hybridized carbons (Fsp3) is 0.600. The highest BCUT2D eigenvalue weighted by Crippen LogP contribution is 2.40. The largest absolute Gasteiger partial charge is 0.371 e. The van der Waals surface area contributed by atoms with Crippen LogP contribution in [0.1, 0.15) is 31.2 Å². The molecule has 3 fully saturated rings. The first-order chi connectivity index (χ1) is 13.2. The van der Waals surface area contributed by atoms with Crippen LogP contribution in [-0.4, -0.2) is 56.5 Å². The summed E-state index contributed by atoms with van der Waals surface area (Å²) in [5.41, 5.74) is 3.71.